The summed E-state index contributed by atoms with van der Waals surface area (Å²) < 4.78 is 23.2. The molecule has 4 nitrogen and oxygen atoms in total. The lowest BCUT2D eigenvalue weighted by molar-refractivity contribution is 0.601. The molecule has 0 spiro atoms. The first-order valence-corrected chi connectivity index (χ1v) is 8.06. The predicted molar refractivity (Wildman–Crippen MR) is 75.0 cm³/mol. The number of hydrogen-bond donors (Lipinski definition) is 1. The highest BCUT2D eigenvalue weighted by Crippen LogP contribution is 2.24. The lowest BCUT2D eigenvalue weighted by Gasteiger charge is -2.22. The summed E-state index contributed by atoms with van der Waals surface area (Å²) in [5, 5.41) is 0. The van der Waals surface area contributed by atoms with Gasteiger partial charge in [-0.15, -0.1) is 0 Å². The molecule has 0 unspecified atom stereocenters. The third kappa shape index (κ3) is 4.65. The van der Waals surface area contributed by atoms with Gasteiger partial charge in [0.1, 0.15) is 9.84 Å². The van der Waals surface area contributed by atoms with Crippen molar-refractivity contribution in [1.82, 2.24) is 0 Å². The predicted octanol–water partition coefficient (Wildman–Crippen LogP) is 1.39. The molecule has 0 radical (unpaired) electrons. The summed E-state index contributed by atoms with van der Waals surface area (Å²) in [7, 11) is -1.07. The Labute approximate surface area is 111 Å². The van der Waals surface area contributed by atoms with Crippen LogP contribution < -0.4 is 10.6 Å². The smallest absolute Gasteiger partial charge is 0.149 e. The quantitative estimate of drug-likeness (QED) is 0.890. The first-order valence-electron chi connectivity index (χ1n) is 5.21. The maximum atomic E-state index is 11.1. The number of nitrogens with zero attached hydrogens (tertiary/aromatic N) is 1. The molecular weight excluding hydrogens is 304 g/mol. The van der Waals surface area contributed by atoms with Gasteiger partial charge in [0.2, 0.25) is 0 Å². The molecule has 0 aliphatic carbocycles. The summed E-state index contributed by atoms with van der Waals surface area (Å²) in [4.78, 5) is 1.91. The third-order valence-corrected chi connectivity index (χ3v) is 3.89. The molecule has 0 saturated carbocycles. The van der Waals surface area contributed by atoms with E-state index in [0.29, 0.717) is 13.1 Å². The Kier molecular flexibility index (Phi) is 4.97. The van der Waals surface area contributed by atoms with Crippen molar-refractivity contribution < 1.29 is 8.42 Å². The second-order valence-electron chi connectivity index (χ2n) is 4.03. The minimum atomic E-state index is -2.94. The van der Waals surface area contributed by atoms with Crippen molar-refractivity contribution in [2.24, 2.45) is 5.73 Å². The molecule has 0 amide bonds. The molecule has 0 aliphatic rings. The highest BCUT2D eigenvalue weighted by Gasteiger charge is 2.10. The molecule has 17 heavy (non-hydrogen) atoms. The third-order valence-electron chi connectivity index (χ3n) is 2.48. The number of benzene rings is 1. The summed E-state index contributed by atoms with van der Waals surface area (Å²) >= 11 is 3.40. The second-order valence-corrected chi connectivity index (χ2v) is 7.20. The van der Waals surface area contributed by atoms with Gasteiger partial charge in [-0.3, -0.25) is 0 Å². The van der Waals surface area contributed by atoms with Crippen LogP contribution in [0.1, 0.15) is 5.56 Å². The highest BCUT2D eigenvalue weighted by molar-refractivity contribution is 9.10. The molecule has 0 saturated heterocycles. The van der Waals surface area contributed by atoms with E-state index in [2.05, 4.69) is 15.9 Å². The zero-order valence-corrected chi connectivity index (χ0v) is 12.4. The second kappa shape index (κ2) is 5.84. The van der Waals surface area contributed by atoms with Crippen LogP contribution in [0.2, 0.25) is 0 Å². The number of hydrogen-bond acceptors (Lipinski definition) is 4. The van der Waals surface area contributed by atoms with Crippen LogP contribution in [0.4, 0.5) is 5.69 Å². The van der Waals surface area contributed by atoms with E-state index in [4.69, 9.17) is 5.73 Å². The van der Waals surface area contributed by atoms with E-state index in [1.807, 2.05) is 30.1 Å². The van der Waals surface area contributed by atoms with E-state index in [9.17, 15) is 8.42 Å². The van der Waals surface area contributed by atoms with Crippen molar-refractivity contribution in [3.63, 3.8) is 0 Å². The normalized spacial score (nSPS) is 11.5. The van der Waals surface area contributed by atoms with Gasteiger partial charge < -0.3 is 10.6 Å². The first-order chi connectivity index (χ1) is 7.83. The zero-order valence-electron chi connectivity index (χ0n) is 9.98. The number of nitrogens with two attached hydrogens (primary N) is 1. The number of halogens is 1. The molecule has 1 rings (SSSR count). The standard InChI is InChI=1S/C11H17BrN2O2S/c1-14(5-6-17(2,15)16)11-7-10(12)4-3-9(11)8-13/h3-4,7H,5-6,8,13H2,1-2H3. The van der Waals surface area contributed by atoms with Gasteiger partial charge in [-0.2, -0.15) is 0 Å². The molecule has 96 valence electrons. The number of anilines is 1. The summed E-state index contributed by atoms with van der Waals surface area (Å²) in [6.45, 7) is 0.897. The molecular formula is C11H17BrN2O2S. The van der Waals surface area contributed by atoms with Crippen LogP contribution in [0.3, 0.4) is 0 Å². The molecule has 1 aromatic carbocycles. The van der Waals surface area contributed by atoms with Gasteiger partial charge in [-0.1, -0.05) is 22.0 Å². The average Bonchev–Trinajstić information content (AvgIpc) is 2.25. The summed E-state index contributed by atoms with van der Waals surface area (Å²) in [5.74, 6) is 0.139. The van der Waals surface area contributed by atoms with Crippen molar-refractivity contribution in [3.05, 3.63) is 28.2 Å². The minimum absolute atomic E-state index is 0.139. The Hall–Kier alpha value is -0.590. The number of rotatable bonds is 5. The summed E-state index contributed by atoms with van der Waals surface area (Å²) in [6.07, 6.45) is 1.24. The fourth-order valence-electron chi connectivity index (χ4n) is 1.49. The Morgan fingerprint density at radius 3 is 2.59 bits per heavy atom. The van der Waals surface area contributed by atoms with Gasteiger partial charge in [-0.05, 0) is 17.7 Å². The fraction of sp³-hybridized carbons (Fsp3) is 0.455. The first kappa shape index (κ1) is 14.5. The zero-order chi connectivity index (χ0) is 13.1. The van der Waals surface area contributed by atoms with Crippen molar-refractivity contribution in [1.29, 1.82) is 0 Å². The largest absolute Gasteiger partial charge is 0.373 e. The molecule has 2 N–H and O–H groups in total. The SMILES string of the molecule is CN(CCS(C)(=O)=O)c1cc(Br)ccc1CN. The van der Waals surface area contributed by atoms with Crippen LogP contribution in [0.5, 0.6) is 0 Å². The van der Waals surface area contributed by atoms with Crippen molar-refractivity contribution in [3.8, 4) is 0 Å². The van der Waals surface area contributed by atoms with E-state index in [-0.39, 0.29) is 5.75 Å². The average molecular weight is 321 g/mol. The minimum Gasteiger partial charge on any atom is -0.373 e. The molecule has 0 aromatic heterocycles. The monoisotopic (exact) mass is 320 g/mol. The topological polar surface area (TPSA) is 63.4 Å². The highest BCUT2D eigenvalue weighted by atomic mass is 79.9. The van der Waals surface area contributed by atoms with Crippen molar-refractivity contribution >= 4 is 31.5 Å². The van der Waals surface area contributed by atoms with Crippen LogP contribution in [-0.4, -0.2) is 34.0 Å². The van der Waals surface area contributed by atoms with Gasteiger partial charge in [0.15, 0.2) is 0 Å². The van der Waals surface area contributed by atoms with Crippen LogP contribution in [0, 0.1) is 0 Å². The maximum absolute atomic E-state index is 11.1. The molecule has 0 bridgehead atoms. The van der Waals surface area contributed by atoms with Crippen molar-refractivity contribution in [2.75, 3.05) is 30.5 Å². The van der Waals surface area contributed by atoms with E-state index in [1.54, 1.807) is 0 Å². The molecule has 0 heterocycles. The lowest BCUT2D eigenvalue weighted by atomic mass is 10.1. The Balaban J connectivity index is 2.87. The molecule has 0 aliphatic heterocycles. The van der Waals surface area contributed by atoms with E-state index >= 15 is 0 Å². The van der Waals surface area contributed by atoms with Crippen LogP contribution in [0.25, 0.3) is 0 Å². The van der Waals surface area contributed by atoms with E-state index in [0.717, 1.165) is 15.7 Å². The van der Waals surface area contributed by atoms with E-state index < -0.39 is 9.84 Å². The molecule has 1 aromatic rings. The molecule has 0 fully saturated rings. The number of sulfone groups is 1. The van der Waals surface area contributed by atoms with Crippen LogP contribution >= 0.6 is 15.9 Å². The fourth-order valence-corrected chi connectivity index (χ4v) is 2.44. The summed E-state index contributed by atoms with van der Waals surface area (Å²) in [5.41, 5.74) is 7.63. The van der Waals surface area contributed by atoms with Gasteiger partial charge >= 0.3 is 0 Å². The Morgan fingerprint density at radius 2 is 2.06 bits per heavy atom. The molecule has 6 heteroatoms. The summed E-state index contributed by atoms with van der Waals surface area (Å²) in [6, 6.07) is 5.82. The van der Waals surface area contributed by atoms with Gasteiger partial charge in [0.05, 0.1) is 5.75 Å². The van der Waals surface area contributed by atoms with Gasteiger partial charge in [0, 0.05) is 36.6 Å². The van der Waals surface area contributed by atoms with Crippen LogP contribution in [0.15, 0.2) is 22.7 Å². The van der Waals surface area contributed by atoms with Gasteiger partial charge in [-0.25, -0.2) is 8.42 Å². The molecule has 0 atom stereocenters. The van der Waals surface area contributed by atoms with Crippen molar-refractivity contribution in [2.45, 2.75) is 6.54 Å². The van der Waals surface area contributed by atoms with Crippen LogP contribution in [-0.2, 0) is 16.4 Å². The lowest BCUT2D eigenvalue weighted by Crippen LogP contribution is -2.26. The van der Waals surface area contributed by atoms with Gasteiger partial charge in [0.25, 0.3) is 0 Å². The Bertz CT molecular complexity index is 488. The van der Waals surface area contributed by atoms with E-state index in [1.165, 1.54) is 6.26 Å². The maximum Gasteiger partial charge on any atom is 0.149 e. The Morgan fingerprint density at radius 1 is 1.41 bits per heavy atom.